The van der Waals surface area contributed by atoms with E-state index in [0.29, 0.717) is 42.4 Å². The molecule has 0 atom stereocenters. The van der Waals surface area contributed by atoms with Crippen LogP contribution in [0.1, 0.15) is 20.8 Å². The van der Waals surface area contributed by atoms with E-state index in [4.69, 9.17) is 25.8 Å². The number of nitrogen functional groups attached to an aromatic ring is 1. The predicted octanol–water partition coefficient (Wildman–Crippen LogP) is 4.05. The molecule has 0 bridgehead atoms. The number of hydrogen-bond acceptors (Lipinski definition) is 8. The molecule has 1 aliphatic heterocycles. The molecule has 0 unspecified atom stereocenters. The van der Waals surface area contributed by atoms with Gasteiger partial charge in [0.2, 0.25) is 0 Å². The lowest BCUT2D eigenvalue weighted by atomic mass is 10.1. The molecule has 0 radical (unpaired) electrons. The Bertz CT molecular complexity index is 1380. The standard InChI is InChI=1S/C26H26N6O2S/c1-31(26(33)17-6-3-2-4-7-17)16-18-14-22-23(35-18)25(32-10-12-34-13-11-32)30-24(29-22)19-8-5-9-21(28)20(19)15-27/h2-9,14-15,27H,10-13,16,28H2,1H3. The first-order valence-electron chi connectivity index (χ1n) is 11.4. The number of thiophene rings is 1. The number of morpholine rings is 1. The maximum Gasteiger partial charge on any atom is 0.253 e. The maximum atomic E-state index is 12.9. The second-order valence-electron chi connectivity index (χ2n) is 8.38. The molecule has 1 amide bonds. The molecule has 2 aromatic heterocycles. The van der Waals surface area contributed by atoms with Crippen molar-refractivity contribution in [2.75, 3.05) is 44.0 Å². The van der Waals surface area contributed by atoms with Crippen LogP contribution in [0.2, 0.25) is 0 Å². The Morgan fingerprint density at radius 2 is 1.94 bits per heavy atom. The summed E-state index contributed by atoms with van der Waals surface area (Å²) >= 11 is 1.60. The van der Waals surface area contributed by atoms with Gasteiger partial charge in [-0.2, -0.15) is 0 Å². The molecule has 1 aliphatic rings. The zero-order valence-corrected chi connectivity index (χ0v) is 20.2. The molecule has 4 aromatic rings. The average Bonchev–Trinajstić information content (AvgIpc) is 3.30. The first kappa shape index (κ1) is 22.9. The van der Waals surface area contributed by atoms with Gasteiger partial charge in [0.15, 0.2) is 11.6 Å². The number of rotatable bonds is 6. The minimum Gasteiger partial charge on any atom is -0.398 e. The summed E-state index contributed by atoms with van der Waals surface area (Å²) in [5.74, 6) is 1.35. The van der Waals surface area contributed by atoms with Crippen molar-refractivity contribution in [3.63, 3.8) is 0 Å². The lowest BCUT2D eigenvalue weighted by molar-refractivity contribution is 0.0786. The Morgan fingerprint density at radius 3 is 2.69 bits per heavy atom. The van der Waals surface area contributed by atoms with Crippen LogP contribution in [0.4, 0.5) is 11.5 Å². The van der Waals surface area contributed by atoms with Crippen LogP contribution >= 0.6 is 11.3 Å². The Kier molecular flexibility index (Phi) is 6.43. The number of ether oxygens (including phenoxy) is 1. The van der Waals surface area contributed by atoms with Crippen molar-refractivity contribution >= 4 is 45.2 Å². The number of nitrogens with two attached hydrogens (primary N) is 1. The minimum atomic E-state index is -0.0291. The van der Waals surface area contributed by atoms with Crippen molar-refractivity contribution in [3.05, 3.63) is 70.6 Å². The maximum absolute atomic E-state index is 12.9. The molecule has 5 rings (SSSR count). The summed E-state index contributed by atoms with van der Waals surface area (Å²) in [7, 11) is 1.81. The number of anilines is 2. The van der Waals surface area contributed by atoms with Crippen LogP contribution in [0, 0.1) is 5.41 Å². The molecule has 3 N–H and O–H groups in total. The predicted molar refractivity (Wildman–Crippen MR) is 140 cm³/mol. The number of carbonyl (C=O) groups excluding carboxylic acids is 1. The normalized spacial score (nSPS) is 13.7. The summed E-state index contributed by atoms with van der Waals surface area (Å²) in [5, 5.41) is 7.86. The number of nitrogens with zero attached hydrogens (tertiary/aromatic N) is 4. The van der Waals surface area contributed by atoms with Crippen LogP contribution in [0.25, 0.3) is 21.6 Å². The summed E-state index contributed by atoms with van der Waals surface area (Å²) in [6, 6.07) is 16.8. The SMILES string of the molecule is CN(Cc1cc2nc(-c3cccc(N)c3C=N)nc(N3CCOCC3)c2s1)C(=O)c1ccccc1. The third-order valence-electron chi connectivity index (χ3n) is 6.00. The van der Waals surface area contributed by atoms with Gasteiger partial charge in [0.05, 0.1) is 30.0 Å². The number of nitrogens with one attached hydrogen (secondary N) is 1. The largest absolute Gasteiger partial charge is 0.398 e. The number of fused-ring (bicyclic) bond motifs is 1. The Morgan fingerprint density at radius 1 is 1.17 bits per heavy atom. The van der Waals surface area contributed by atoms with Crippen molar-refractivity contribution in [3.8, 4) is 11.4 Å². The molecule has 0 spiro atoms. The fourth-order valence-corrected chi connectivity index (χ4v) is 5.36. The smallest absolute Gasteiger partial charge is 0.253 e. The van der Waals surface area contributed by atoms with E-state index in [1.54, 1.807) is 22.3 Å². The van der Waals surface area contributed by atoms with Gasteiger partial charge in [-0.3, -0.25) is 4.79 Å². The molecule has 0 saturated carbocycles. The van der Waals surface area contributed by atoms with Gasteiger partial charge in [0.1, 0.15) is 0 Å². The third kappa shape index (κ3) is 4.60. The van der Waals surface area contributed by atoms with E-state index in [9.17, 15) is 4.79 Å². The second-order valence-corrected chi connectivity index (χ2v) is 9.51. The first-order valence-corrected chi connectivity index (χ1v) is 12.2. The Balaban J connectivity index is 1.56. The van der Waals surface area contributed by atoms with E-state index < -0.39 is 0 Å². The van der Waals surface area contributed by atoms with Crippen LogP contribution in [-0.4, -0.2) is 60.3 Å². The summed E-state index contributed by atoms with van der Waals surface area (Å²) < 4.78 is 6.53. The highest BCUT2D eigenvalue weighted by molar-refractivity contribution is 7.19. The highest BCUT2D eigenvalue weighted by Gasteiger charge is 2.22. The van der Waals surface area contributed by atoms with Gasteiger partial charge < -0.3 is 25.7 Å². The van der Waals surface area contributed by atoms with Crippen LogP contribution in [0.3, 0.4) is 0 Å². The highest BCUT2D eigenvalue weighted by atomic mass is 32.1. The molecule has 9 heteroatoms. The van der Waals surface area contributed by atoms with E-state index in [1.165, 1.54) is 6.21 Å². The summed E-state index contributed by atoms with van der Waals surface area (Å²) in [6.45, 7) is 3.21. The van der Waals surface area contributed by atoms with Crippen LogP contribution in [0.5, 0.6) is 0 Å². The summed E-state index contributed by atoms with van der Waals surface area (Å²) in [6.07, 6.45) is 1.25. The van der Waals surface area contributed by atoms with Crippen molar-refractivity contribution < 1.29 is 9.53 Å². The van der Waals surface area contributed by atoms with E-state index in [1.807, 2.05) is 55.6 Å². The molecular weight excluding hydrogens is 460 g/mol. The molecule has 3 heterocycles. The fourth-order valence-electron chi connectivity index (χ4n) is 4.20. The first-order chi connectivity index (χ1) is 17.0. The topological polar surface area (TPSA) is 108 Å². The van der Waals surface area contributed by atoms with Gasteiger partial charge in [0.25, 0.3) is 5.91 Å². The van der Waals surface area contributed by atoms with Crippen LogP contribution in [0.15, 0.2) is 54.6 Å². The average molecular weight is 487 g/mol. The fraction of sp³-hybridized carbons (Fsp3) is 0.231. The highest BCUT2D eigenvalue weighted by Crippen LogP contribution is 2.36. The molecular formula is C26H26N6O2S. The lowest BCUT2D eigenvalue weighted by Gasteiger charge is -2.28. The zero-order chi connectivity index (χ0) is 24.4. The Hall–Kier alpha value is -3.82. The summed E-state index contributed by atoms with van der Waals surface area (Å²) in [5.41, 5.74) is 9.44. The number of aromatic nitrogens is 2. The zero-order valence-electron chi connectivity index (χ0n) is 19.4. The molecule has 1 saturated heterocycles. The molecule has 8 nitrogen and oxygen atoms in total. The van der Waals surface area contributed by atoms with E-state index >= 15 is 0 Å². The second kappa shape index (κ2) is 9.81. The Labute approximate surface area is 207 Å². The molecule has 1 fully saturated rings. The number of carbonyl (C=O) groups is 1. The van der Waals surface area contributed by atoms with Crippen molar-refractivity contribution in [2.24, 2.45) is 0 Å². The quantitative estimate of drug-likeness (QED) is 0.314. The molecule has 35 heavy (non-hydrogen) atoms. The van der Waals surface area contributed by atoms with Gasteiger partial charge >= 0.3 is 0 Å². The molecule has 2 aromatic carbocycles. The van der Waals surface area contributed by atoms with Gasteiger partial charge in [0, 0.05) is 53.6 Å². The van der Waals surface area contributed by atoms with Crippen molar-refractivity contribution in [1.82, 2.24) is 14.9 Å². The third-order valence-corrected chi connectivity index (χ3v) is 7.11. The van der Waals surface area contributed by atoms with Crippen molar-refractivity contribution in [1.29, 1.82) is 5.41 Å². The number of amides is 1. The van der Waals surface area contributed by atoms with Crippen LogP contribution in [-0.2, 0) is 11.3 Å². The van der Waals surface area contributed by atoms with Gasteiger partial charge in [-0.05, 0) is 24.3 Å². The number of benzene rings is 2. The number of hydrogen-bond donors (Lipinski definition) is 2. The van der Waals surface area contributed by atoms with E-state index in [-0.39, 0.29) is 5.91 Å². The van der Waals surface area contributed by atoms with Crippen molar-refractivity contribution in [2.45, 2.75) is 6.54 Å². The van der Waals surface area contributed by atoms with Gasteiger partial charge in [-0.1, -0.05) is 30.3 Å². The van der Waals surface area contributed by atoms with Crippen LogP contribution < -0.4 is 10.6 Å². The molecule has 0 aliphatic carbocycles. The molecule has 178 valence electrons. The van der Waals surface area contributed by atoms with E-state index in [2.05, 4.69) is 4.90 Å². The minimum absolute atomic E-state index is 0.0291. The van der Waals surface area contributed by atoms with Gasteiger partial charge in [-0.25, -0.2) is 9.97 Å². The van der Waals surface area contributed by atoms with Gasteiger partial charge in [-0.15, -0.1) is 11.3 Å². The summed E-state index contributed by atoms with van der Waals surface area (Å²) in [4.78, 5) is 27.6. The van der Waals surface area contributed by atoms with E-state index in [0.717, 1.165) is 39.6 Å². The monoisotopic (exact) mass is 486 g/mol. The lowest BCUT2D eigenvalue weighted by Crippen LogP contribution is -2.36.